The molecule has 0 amide bonds. The number of rotatable bonds is 7. The van der Waals surface area contributed by atoms with Crippen molar-refractivity contribution in [2.75, 3.05) is 0 Å². The minimum absolute atomic E-state index is 0. The normalized spacial score (nSPS) is 15.4. The maximum atomic E-state index is 8.47. The quantitative estimate of drug-likeness (QED) is 0.118. The summed E-state index contributed by atoms with van der Waals surface area (Å²) in [6.45, 7) is 4.71. The average Bonchev–Trinajstić information content (AvgIpc) is 3.71. The molecule has 9 aromatic rings. The molecule has 0 saturated carbocycles. The third-order valence-corrected chi connectivity index (χ3v) is 11.4. The molecule has 0 unspecified atom stereocenters. The van der Waals surface area contributed by atoms with Gasteiger partial charge < -0.3 is 14.4 Å². The van der Waals surface area contributed by atoms with E-state index in [9.17, 15) is 0 Å². The molecule has 60 heavy (non-hydrogen) atoms. The van der Waals surface area contributed by atoms with Gasteiger partial charge in [0.15, 0.2) is 0 Å². The van der Waals surface area contributed by atoms with Gasteiger partial charge in [-0.1, -0.05) is 144 Å². The fourth-order valence-electron chi connectivity index (χ4n) is 7.75. The molecule has 3 heterocycles. The first-order valence-electron chi connectivity index (χ1n) is 25.6. The number of pyridine rings is 2. The Morgan fingerprint density at radius 1 is 0.667 bits per heavy atom. The third-order valence-electron chi connectivity index (χ3n) is 11.4. The van der Waals surface area contributed by atoms with Crippen LogP contribution in [0.1, 0.15) is 97.3 Å². The Morgan fingerprint density at radius 2 is 1.43 bits per heavy atom. The van der Waals surface area contributed by atoms with Crippen LogP contribution < -0.4 is 0 Å². The first kappa shape index (κ1) is 30.6. The molecule has 1 radical (unpaired) electrons. The van der Waals surface area contributed by atoms with Gasteiger partial charge in [-0.05, 0) is 105 Å². The van der Waals surface area contributed by atoms with E-state index in [-0.39, 0.29) is 42.2 Å². The standard InChI is InChI=1S/C39H34NO.C17H20N.Ir/c1-6-39(5,7-2)28-18-20-29(24(3)21-28)34-22-35(40-23-25(34)4)33-14-10-13-31-32-19-17-27-16-15-26-11-8-9-12-30(26)36(27)38(32)41-37(31)33;1-13-5-8-15(9-6-13)16-10-7-14(12-18-16)11-17(2,3)4;/h8-13,15-23H,6-7H2,1-5H3;5-8,10,12H,11H2,1-4H3;/q2*-1;/i3D3,4D3;1D3,11D2;. The number of fused-ring (bicyclic) bond motifs is 7. The molecule has 9 rings (SSSR count). The van der Waals surface area contributed by atoms with E-state index in [4.69, 9.17) is 19.5 Å². The summed E-state index contributed by atoms with van der Waals surface area (Å²) in [7, 11) is 0. The molecule has 0 bridgehead atoms. The van der Waals surface area contributed by atoms with Gasteiger partial charge in [0.2, 0.25) is 0 Å². The number of furan rings is 1. The molecule has 0 saturated heterocycles. The van der Waals surface area contributed by atoms with E-state index < -0.39 is 32.3 Å². The van der Waals surface area contributed by atoms with E-state index in [0.717, 1.165) is 56.3 Å². The van der Waals surface area contributed by atoms with Crippen LogP contribution in [0.15, 0.2) is 132 Å². The summed E-state index contributed by atoms with van der Waals surface area (Å²) in [6.07, 6.45) is 3.06. The van der Waals surface area contributed by atoms with E-state index in [2.05, 4.69) is 79.3 Å². The monoisotopic (exact) mass is 974 g/mol. The first-order chi connectivity index (χ1) is 32.8. The number of benzene rings is 6. The van der Waals surface area contributed by atoms with Crippen LogP contribution in [0.4, 0.5) is 0 Å². The molecule has 0 N–H and O–H groups in total. The molecule has 3 nitrogen and oxygen atoms in total. The maximum absolute atomic E-state index is 8.47. The summed E-state index contributed by atoms with van der Waals surface area (Å²) in [5, 5.41) is 6.12. The van der Waals surface area contributed by atoms with Crippen molar-refractivity contribution in [2.24, 2.45) is 5.41 Å². The SMILES string of the molecule is [2H]C([2H])([2H])c1c[c-]c(-c2ccc(C([2H])([2H])C(C)(C)C)cn2)cc1.[2H]C([2H])([2H])c1cnc(-c2[c-]ccc3c2oc2c3ccc3ccc4ccccc4c32)cc1-c1ccc(C(C)(CC)CC)cc1C([2H])([2H])[2H].[Ir]. The summed E-state index contributed by atoms with van der Waals surface area (Å²) in [4.78, 5) is 8.93. The van der Waals surface area contributed by atoms with Crippen LogP contribution >= 0.6 is 0 Å². The van der Waals surface area contributed by atoms with Gasteiger partial charge in [-0.25, -0.2) is 0 Å². The van der Waals surface area contributed by atoms with E-state index in [1.807, 2.05) is 51.1 Å². The molecule has 4 heteroatoms. The van der Waals surface area contributed by atoms with Crippen LogP contribution in [-0.4, -0.2) is 9.97 Å². The fourth-order valence-corrected chi connectivity index (χ4v) is 7.75. The van der Waals surface area contributed by atoms with Gasteiger partial charge in [0, 0.05) is 58.3 Å². The van der Waals surface area contributed by atoms with Crippen LogP contribution in [0.5, 0.6) is 0 Å². The molecule has 0 spiro atoms. The van der Waals surface area contributed by atoms with Gasteiger partial charge in [0.05, 0.1) is 5.58 Å². The summed E-state index contributed by atoms with van der Waals surface area (Å²) in [5.41, 5.74) is 5.36. The molecule has 0 atom stereocenters. The molecular weight excluding hydrogens is 909 g/mol. The van der Waals surface area contributed by atoms with Gasteiger partial charge in [-0.15, -0.1) is 53.6 Å². The predicted octanol–water partition coefficient (Wildman–Crippen LogP) is 15.6. The molecular formula is C56H54IrN2O-2. The summed E-state index contributed by atoms with van der Waals surface area (Å²) < 4.78 is 95.7. The van der Waals surface area contributed by atoms with Gasteiger partial charge in [0.1, 0.15) is 5.58 Å². The molecule has 3 aromatic heterocycles. The van der Waals surface area contributed by atoms with Crippen LogP contribution in [0.25, 0.3) is 77.1 Å². The van der Waals surface area contributed by atoms with Crippen molar-refractivity contribution in [1.82, 2.24) is 9.97 Å². The number of hydrogen-bond donors (Lipinski definition) is 0. The zero-order valence-electron chi connectivity index (χ0n) is 45.7. The van der Waals surface area contributed by atoms with Crippen LogP contribution in [0.2, 0.25) is 0 Å². The van der Waals surface area contributed by atoms with Gasteiger partial charge in [-0.2, -0.15) is 0 Å². The Morgan fingerprint density at radius 3 is 2.15 bits per heavy atom. The Balaban J connectivity index is 0.000000261. The molecule has 6 aromatic carbocycles. The fraction of sp³-hybridized carbons (Fsp3) is 0.250. The van der Waals surface area contributed by atoms with Crippen LogP contribution in [-0.2, 0) is 31.9 Å². The average molecular weight is 974 g/mol. The van der Waals surface area contributed by atoms with E-state index in [0.29, 0.717) is 44.8 Å². The Bertz CT molecular complexity index is 3380. The van der Waals surface area contributed by atoms with Crippen molar-refractivity contribution >= 4 is 43.5 Å². The zero-order chi connectivity index (χ0) is 50.8. The third kappa shape index (κ3) is 8.46. The van der Waals surface area contributed by atoms with Crippen molar-refractivity contribution in [2.45, 2.75) is 86.7 Å². The van der Waals surface area contributed by atoms with Crippen molar-refractivity contribution in [1.29, 1.82) is 0 Å². The number of aromatic nitrogens is 2. The minimum atomic E-state index is -2.53. The second-order valence-electron chi connectivity index (χ2n) is 16.5. The Kier molecular flexibility index (Phi) is 8.81. The number of nitrogens with zero attached hydrogens (tertiary/aromatic N) is 2. The van der Waals surface area contributed by atoms with Crippen molar-refractivity contribution in [3.63, 3.8) is 0 Å². The molecule has 0 aliphatic heterocycles. The van der Waals surface area contributed by atoms with Crippen LogP contribution in [0, 0.1) is 38.1 Å². The van der Waals surface area contributed by atoms with Gasteiger partial charge in [-0.3, -0.25) is 0 Å². The van der Waals surface area contributed by atoms with Gasteiger partial charge >= 0.3 is 0 Å². The predicted molar refractivity (Wildman–Crippen MR) is 250 cm³/mol. The van der Waals surface area contributed by atoms with E-state index in [1.54, 1.807) is 42.5 Å². The zero-order valence-corrected chi connectivity index (χ0v) is 37.1. The summed E-state index contributed by atoms with van der Waals surface area (Å²) >= 11 is 0. The smallest absolute Gasteiger partial charge is 0.129 e. The van der Waals surface area contributed by atoms with Crippen molar-refractivity contribution in [3.05, 3.63) is 168 Å². The largest absolute Gasteiger partial charge is 0.500 e. The van der Waals surface area contributed by atoms with Gasteiger partial charge in [0.25, 0.3) is 0 Å². The first-order valence-corrected chi connectivity index (χ1v) is 20.1. The topological polar surface area (TPSA) is 38.9 Å². The Hall–Kier alpha value is -5.41. The summed E-state index contributed by atoms with van der Waals surface area (Å²) in [5.74, 6) is 0. The second kappa shape index (κ2) is 17.3. The second-order valence-corrected chi connectivity index (χ2v) is 16.5. The van der Waals surface area contributed by atoms with Crippen molar-refractivity contribution in [3.8, 4) is 33.6 Å². The van der Waals surface area contributed by atoms with Crippen molar-refractivity contribution < 1.29 is 39.6 Å². The molecule has 305 valence electrons. The molecule has 0 aliphatic rings. The molecule has 0 aliphatic carbocycles. The van der Waals surface area contributed by atoms with E-state index >= 15 is 0 Å². The number of aryl methyl sites for hydroxylation is 3. The van der Waals surface area contributed by atoms with E-state index in [1.165, 1.54) is 18.5 Å². The molecule has 0 fully saturated rings. The maximum Gasteiger partial charge on any atom is 0.129 e. The minimum Gasteiger partial charge on any atom is -0.500 e. The Labute approximate surface area is 385 Å². The number of hydrogen-bond acceptors (Lipinski definition) is 3. The van der Waals surface area contributed by atoms with Crippen LogP contribution in [0.3, 0.4) is 0 Å². The summed E-state index contributed by atoms with van der Waals surface area (Å²) in [6, 6.07) is 41.8.